The topological polar surface area (TPSA) is 55.4 Å². The minimum atomic E-state index is -4.40. The average Bonchev–Trinajstić information content (AvgIpc) is 2.74. The van der Waals surface area contributed by atoms with Crippen molar-refractivity contribution in [1.82, 2.24) is 5.32 Å². The summed E-state index contributed by atoms with van der Waals surface area (Å²) in [5.74, 6) is -0.955. The molecule has 7 heteroatoms. The average molecular weight is 285 g/mol. The molecule has 0 aliphatic carbocycles. The third-order valence-electron chi connectivity index (χ3n) is 2.61. The van der Waals surface area contributed by atoms with Crippen LogP contribution in [-0.4, -0.2) is 18.5 Å². The van der Waals surface area contributed by atoms with E-state index < -0.39 is 23.6 Å². The van der Waals surface area contributed by atoms with Gasteiger partial charge < -0.3 is 10.1 Å². The Hall–Kier alpha value is -2.31. The summed E-state index contributed by atoms with van der Waals surface area (Å²) in [6, 6.07) is 4.33. The second-order valence-electron chi connectivity index (χ2n) is 4.20. The Bertz CT molecular complexity index is 561. The summed E-state index contributed by atoms with van der Waals surface area (Å²) in [7, 11) is 0. The fourth-order valence-electron chi connectivity index (χ4n) is 1.67. The molecule has 0 aromatic heterocycles. The van der Waals surface area contributed by atoms with Crippen molar-refractivity contribution < 1.29 is 27.5 Å². The number of amides is 1. The van der Waals surface area contributed by atoms with E-state index in [0.717, 1.165) is 18.2 Å². The molecule has 0 bridgehead atoms. The summed E-state index contributed by atoms with van der Waals surface area (Å²) < 4.78 is 41.7. The van der Waals surface area contributed by atoms with E-state index in [1.165, 1.54) is 12.1 Å². The Morgan fingerprint density at radius 2 is 1.90 bits per heavy atom. The van der Waals surface area contributed by atoms with Crippen LogP contribution >= 0.6 is 0 Å². The van der Waals surface area contributed by atoms with Crippen molar-refractivity contribution in [2.45, 2.75) is 12.6 Å². The highest BCUT2D eigenvalue weighted by molar-refractivity contribution is 5.88. The predicted octanol–water partition coefficient (Wildman–Crippen LogP) is 1.80. The SMILES string of the molecule is O=C(Cc1ccc(C(F)(F)F)cc1)NC1=CC(=O)OC1. The van der Waals surface area contributed by atoms with E-state index in [2.05, 4.69) is 10.1 Å². The lowest BCUT2D eigenvalue weighted by Gasteiger charge is -2.08. The van der Waals surface area contributed by atoms with Gasteiger partial charge in [0.25, 0.3) is 0 Å². The maximum absolute atomic E-state index is 12.4. The second kappa shape index (κ2) is 5.36. The molecule has 0 radical (unpaired) electrons. The first-order chi connectivity index (χ1) is 9.34. The van der Waals surface area contributed by atoms with Gasteiger partial charge in [-0.15, -0.1) is 0 Å². The number of benzene rings is 1. The van der Waals surface area contributed by atoms with Gasteiger partial charge in [0.1, 0.15) is 6.61 Å². The maximum atomic E-state index is 12.4. The summed E-state index contributed by atoms with van der Waals surface area (Å²) >= 11 is 0. The highest BCUT2D eigenvalue weighted by atomic mass is 19.4. The molecule has 0 unspecified atom stereocenters. The van der Waals surface area contributed by atoms with E-state index >= 15 is 0 Å². The molecule has 0 saturated heterocycles. The molecule has 0 spiro atoms. The molecular weight excluding hydrogens is 275 g/mol. The van der Waals surface area contributed by atoms with Crippen molar-refractivity contribution in [3.63, 3.8) is 0 Å². The smallest absolute Gasteiger partial charge is 0.416 e. The first-order valence-corrected chi connectivity index (χ1v) is 5.68. The van der Waals surface area contributed by atoms with Gasteiger partial charge in [0.05, 0.1) is 17.7 Å². The van der Waals surface area contributed by atoms with Crippen LogP contribution in [0.2, 0.25) is 0 Å². The molecule has 1 N–H and O–H groups in total. The summed E-state index contributed by atoms with van der Waals surface area (Å²) in [6.07, 6.45) is -3.32. The summed E-state index contributed by atoms with van der Waals surface area (Å²) in [6.45, 7) is -0.00240. The van der Waals surface area contributed by atoms with Crippen LogP contribution in [0, 0.1) is 0 Å². The summed E-state index contributed by atoms with van der Waals surface area (Å²) in [4.78, 5) is 22.4. The van der Waals surface area contributed by atoms with Crippen molar-refractivity contribution >= 4 is 11.9 Å². The molecule has 1 aliphatic rings. The second-order valence-corrected chi connectivity index (χ2v) is 4.20. The number of cyclic esters (lactones) is 1. The van der Waals surface area contributed by atoms with Gasteiger partial charge in [0.2, 0.25) is 5.91 Å². The summed E-state index contributed by atoms with van der Waals surface area (Å²) in [5, 5.41) is 2.46. The molecular formula is C13H10F3NO3. The highest BCUT2D eigenvalue weighted by Crippen LogP contribution is 2.29. The Kier molecular flexibility index (Phi) is 3.78. The zero-order valence-corrected chi connectivity index (χ0v) is 10.2. The predicted molar refractivity (Wildman–Crippen MR) is 62.3 cm³/mol. The van der Waals surface area contributed by atoms with Crippen LogP contribution in [0.5, 0.6) is 0 Å². The number of nitrogens with one attached hydrogen (secondary N) is 1. The monoisotopic (exact) mass is 285 g/mol. The lowest BCUT2D eigenvalue weighted by molar-refractivity contribution is -0.137. The quantitative estimate of drug-likeness (QED) is 0.862. The zero-order valence-electron chi connectivity index (χ0n) is 10.2. The number of alkyl halides is 3. The molecule has 1 aromatic carbocycles. The number of rotatable bonds is 3. The van der Waals surface area contributed by atoms with Gasteiger partial charge in [-0.05, 0) is 17.7 Å². The molecule has 1 heterocycles. The fourth-order valence-corrected chi connectivity index (χ4v) is 1.67. The molecule has 4 nitrogen and oxygen atoms in total. The molecule has 20 heavy (non-hydrogen) atoms. The number of hydrogen-bond donors (Lipinski definition) is 1. The molecule has 1 amide bonds. The van der Waals surface area contributed by atoms with Crippen LogP contribution in [0.1, 0.15) is 11.1 Å². The van der Waals surface area contributed by atoms with Gasteiger partial charge in [0.15, 0.2) is 0 Å². The van der Waals surface area contributed by atoms with Gasteiger partial charge >= 0.3 is 12.1 Å². The van der Waals surface area contributed by atoms with Crippen LogP contribution in [-0.2, 0) is 26.9 Å². The summed E-state index contributed by atoms with van der Waals surface area (Å²) in [5.41, 5.74) is 0.0207. The Labute approximate surface area is 112 Å². The van der Waals surface area contributed by atoms with Crippen LogP contribution in [0.15, 0.2) is 36.0 Å². The fraction of sp³-hybridized carbons (Fsp3) is 0.231. The van der Waals surface area contributed by atoms with E-state index in [1.807, 2.05) is 0 Å². The van der Waals surface area contributed by atoms with Gasteiger partial charge in [-0.25, -0.2) is 4.79 Å². The van der Waals surface area contributed by atoms with Crippen LogP contribution < -0.4 is 5.32 Å². The molecule has 0 fully saturated rings. The third kappa shape index (κ3) is 3.59. The molecule has 1 aromatic rings. The first-order valence-electron chi connectivity index (χ1n) is 5.68. The molecule has 2 rings (SSSR count). The van der Waals surface area contributed by atoms with Gasteiger partial charge in [0, 0.05) is 6.08 Å². The minimum Gasteiger partial charge on any atom is -0.456 e. The van der Waals surface area contributed by atoms with Crippen LogP contribution in [0.4, 0.5) is 13.2 Å². The van der Waals surface area contributed by atoms with E-state index in [1.54, 1.807) is 0 Å². The first kappa shape index (κ1) is 14.1. The lowest BCUT2D eigenvalue weighted by atomic mass is 10.1. The van der Waals surface area contributed by atoms with Crippen LogP contribution in [0.3, 0.4) is 0 Å². The normalized spacial score (nSPS) is 14.8. The van der Waals surface area contributed by atoms with E-state index in [4.69, 9.17) is 0 Å². The van der Waals surface area contributed by atoms with Crippen molar-refractivity contribution in [3.05, 3.63) is 47.2 Å². The lowest BCUT2D eigenvalue weighted by Crippen LogP contribution is -2.25. The molecule has 0 saturated carbocycles. The zero-order chi connectivity index (χ0) is 14.8. The van der Waals surface area contributed by atoms with Gasteiger partial charge in [-0.3, -0.25) is 4.79 Å². The van der Waals surface area contributed by atoms with Gasteiger partial charge in [-0.1, -0.05) is 12.1 Å². The van der Waals surface area contributed by atoms with Crippen molar-refractivity contribution in [1.29, 1.82) is 0 Å². The van der Waals surface area contributed by atoms with Crippen molar-refractivity contribution in [3.8, 4) is 0 Å². The third-order valence-corrected chi connectivity index (χ3v) is 2.61. The number of hydrogen-bond acceptors (Lipinski definition) is 3. The van der Waals surface area contributed by atoms with Crippen molar-refractivity contribution in [2.24, 2.45) is 0 Å². The number of carbonyl (C=O) groups excluding carboxylic acids is 2. The van der Waals surface area contributed by atoms with E-state index in [-0.39, 0.29) is 13.0 Å². The van der Waals surface area contributed by atoms with Crippen LogP contribution in [0.25, 0.3) is 0 Å². The molecule has 0 atom stereocenters. The minimum absolute atomic E-state index is 0.00240. The van der Waals surface area contributed by atoms with E-state index in [9.17, 15) is 22.8 Å². The number of ether oxygens (including phenoxy) is 1. The number of carbonyl (C=O) groups is 2. The number of esters is 1. The Morgan fingerprint density at radius 1 is 1.25 bits per heavy atom. The highest BCUT2D eigenvalue weighted by Gasteiger charge is 2.30. The maximum Gasteiger partial charge on any atom is 0.416 e. The standard InChI is InChI=1S/C13H10F3NO3/c14-13(15,16)9-3-1-8(2-4-9)5-11(18)17-10-6-12(19)20-7-10/h1-4,6H,5,7H2,(H,17,18). The Balaban J connectivity index is 1.95. The Morgan fingerprint density at radius 3 is 2.40 bits per heavy atom. The van der Waals surface area contributed by atoms with Gasteiger partial charge in [-0.2, -0.15) is 13.2 Å². The largest absolute Gasteiger partial charge is 0.456 e. The van der Waals surface area contributed by atoms with E-state index in [0.29, 0.717) is 11.3 Å². The molecule has 106 valence electrons. The van der Waals surface area contributed by atoms with Crippen molar-refractivity contribution in [2.75, 3.05) is 6.61 Å². The number of halogens is 3. The molecule has 1 aliphatic heterocycles.